The van der Waals surface area contributed by atoms with E-state index in [1.54, 1.807) is 42.5 Å². The highest BCUT2D eigenvalue weighted by atomic mass is 32.2. The summed E-state index contributed by atoms with van der Waals surface area (Å²) in [6, 6.07) is 12.1. The molecule has 8 heteroatoms. The number of hydrogen-bond acceptors (Lipinski definition) is 5. The van der Waals surface area contributed by atoms with E-state index in [-0.39, 0.29) is 23.4 Å². The van der Waals surface area contributed by atoms with E-state index in [1.807, 2.05) is 13.8 Å². The van der Waals surface area contributed by atoms with E-state index in [0.717, 1.165) is 12.0 Å². The Balaban J connectivity index is 1.76. The number of fused-ring (bicyclic) bond motifs is 1. The highest BCUT2D eigenvalue weighted by Gasteiger charge is 2.27. The van der Waals surface area contributed by atoms with Crippen LogP contribution >= 0.6 is 0 Å². The molecule has 0 fully saturated rings. The van der Waals surface area contributed by atoms with Crippen molar-refractivity contribution in [3.8, 4) is 11.5 Å². The van der Waals surface area contributed by atoms with Gasteiger partial charge < -0.3 is 14.8 Å². The monoisotopic (exact) mass is 474 g/mol. The van der Waals surface area contributed by atoms with Crippen molar-refractivity contribution in [2.24, 2.45) is 5.41 Å². The van der Waals surface area contributed by atoms with Crippen LogP contribution in [0.2, 0.25) is 0 Å². The minimum atomic E-state index is -3.55. The van der Waals surface area contributed by atoms with Crippen LogP contribution in [0.5, 0.6) is 11.5 Å². The number of benzene rings is 2. The number of hydrogen-bond donors (Lipinski definition) is 1. The maximum Gasteiger partial charge on any atom is 0.251 e. The van der Waals surface area contributed by atoms with E-state index in [2.05, 4.69) is 26.1 Å². The summed E-state index contributed by atoms with van der Waals surface area (Å²) < 4.78 is 37.5. The van der Waals surface area contributed by atoms with Crippen LogP contribution in [0, 0.1) is 5.41 Å². The van der Waals surface area contributed by atoms with E-state index in [1.165, 1.54) is 10.6 Å². The fourth-order valence-electron chi connectivity index (χ4n) is 4.26. The zero-order valence-corrected chi connectivity index (χ0v) is 21.1. The van der Waals surface area contributed by atoms with Gasteiger partial charge in [-0.15, -0.1) is 0 Å². The second kappa shape index (κ2) is 9.25. The molecule has 0 unspecified atom stereocenters. The van der Waals surface area contributed by atoms with E-state index < -0.39 is 10.0 Å². The first-order valence-corrected chi connectivity index (χ1v) is 12.9. The minimum Gasteiger partial charge on any atom is -0.486 e. The molecule has 0 saturated carbocycles. The Labute approximate surface area is 197 Å². The first-order chi connectivity index (χ1) is 15.2. The SMILES string of the molecule is CC(C)(C)CC(C)(C)NC(=O)c1ccc(CN(c2ccc3c(c2)OCCO3)S(C)(=O)=O)cc1. The van der Waals surface area contributed by atoms with Gasteiger partial charge in [-0.25, -0.2) is 8.42 Å². The summed E-state index contributed by atoms with van der Waals surface area (Å²) in [7, 11) is -3.55. The number of sulfonamides is 1. The first kappa shape index (κ1) is 24.9. The van der Waals surface area contributed by atoms with Gasteiger partial charge in [0, 0.05) is 17.2 Å². The number of carbonyl (C=O) groups excluding carboxylic acids is 1. The van der Waals surface area contributed by atoms with Crippen LogP contribution in [0.3, 0.4) is 0 Å². The Morgan fingerprint density at radius 3 is 2.15 bits per heavy atom. The molecule has 2 aromatic carbocycles. The number of nitrogens with zero attached hydrogens (tertiary/aromatic N) is 1. The topological polar surface area (TPSA) is 84.9 Å². The van der Waals surface area contributed by atoms with Gasteiger partial charge >= 0.3 is 0 Å². The molecule has 0 aliphatic carbocycles. The molecule has 0 bridgehead atoms. The molecule has 1 heterocycles. The predicted molar refractivity (Wildman–Crippen MR) is 131 cm³/mol. The molecule has 1 amide bonds. The van der Waals surface area contributed by atoms with Crippen LogP contribution in [-0.2, 0) is 16.6 Å². The van der Waals surface area contributed by atoms with Gasteiger partial charge in [-0.2, -0.15) is 0 Å². The minimum absolute atomic E-state index is 0.0869. The molecule has 1 aliphatic rings. The first-order valence-electron chi connectivity index (χ1n) is 11.0. The van der Waals surface area contributed by atoms with Gasteiger partial charge in [0.15, 0.2) is 11.5 Å². The Morgan fingerprint density at radius 1 is 0.970 bits per heavy atom. The van der Waals surface area contributed by atoms with E-state index >= 15 is 0 Å². The van der Waals surface area contributed by atoms with Gasteiger partial charge in [0.05, 0.1) is 18.5 Å². The third-order valence-corrected chi connectivity index (χ3v) is 6.32. The lowest BCUT2D eigenvalue weighted by molar-refractivity contribution is 0.0891. The van der Waals surface area contributed by atoms with E-state index in [4.69, 9.17) is 9.47 Å². The normalized spacial score (nSPS) is 14.0. The van der Waals surface area contributed by atoms with Crippen molar-refractivity contribution in [3.05, 3.63) is 53.6 Å². The second-order valence-corrected chi connectivity index (χ2v) is 12.3. The fourth-order valence-corrected chi connectivity index (χ4v) is 5.14. The van der Waals surface area contributed by atoms with Gasteiger partial charge in [-0.1, -0.05) is 32.9 Å². The summed E-state index contributed by atoms with van der Waals surface area (Å²) in [5, 5.41) is 3.10. The van der Waals surface area contributed by atoms with Crippen molar-refractivity contribution in [2.45, 2.75) is 53.1 Å². The van der Waals surface area contributed by atoms with Crippen LogP contribution in [0.4, 0.5) is 5.69 Å². The molecule has 2 aromatic rings. The number of nitrogens with one attached hydrogen (secondary N) is 1. The largest absolute Gasteiger partial charge is 0.486 e. The molecule has 7 nitrogen and oxygen atoms in total. The zero-order chi connectivity index (χ0) is 24.4. The summed E-state index contributed by atoms with van der Waals surface area (Å²) in [5.74, 6) is 0.975. The molecule has 33 heavy (non-hydrogen) atoms. The highest BCUT2D eigenvalue weighted by Crippen LogP contribution is 2.35. The Hall–Kier alpha value is -2.74. The number of carbonyl (C=O) groups is 1. The summed E-state index contributed by atoms with van der Waals surface area (Å²) in [6.07, 6.45) is 2.01. The lowest BCUT2D eigenvalue weighted by Gasteiger charge is -2.33. The lowest BCUT2D eigenvalue weighted by Crippen LogP contribution is -2.45. The molecular weight excluding hydrogens is 440 g/mol. The van der Waals surface area contributed by atoms with Gasteiger partial charge in [-0.05, 0) is 55.5 Å². The highest BCUT2D eigenvalue weighted by molar-refractivity contribution is 7.92. The number of rotatable bonds is 7. The Bertz CT molecular complexity index is 1100. The molecule has 0 saturated heterocycles. The van der Waals surface area contributed by atoms with Crippen molar-refractivity contribution in [3.63, 3.8) is 0 Å². The number of amides is 1. The van der Waals surface area contributed by atoms with Crippen molar-refractivity contribution in [2.75, 3.05) is 23.8 Å². The Morgan fingerprint density at radius 2 is 1.58 bits per heavy atom. The second-order valence-electron chi connectivity index (χ2n) is 10.4. The molecular formula is C25H34N2O5S. The average molecular weight is 475 g/mol. The van der Waals surface area contributed by atoms with Crippen molar-refractivity contribution < 1.29 is 22.7 Å². The lowest BCUT2D eigenvalue weighted by atomic mass is 9.81. The van der Waals surface area contributed by atoms with Crippen molar-refractivity contribution in [1.29, 1.82) is 0 Å². The quantitative estimate of drug-likeness (QED) is 0.644. The molecule has 180 valence electrons. The standard InChI is InChI=1S/C25H34N2O5S/c1-24(2,3)17-25(4,5)26-23(28)19-9-7-18(8-10-19)16-27(33(6,29)30)20-11-12-21-22(15-20)32-14-13-31-21/h7-12,15H,13-14,16-17H2,1-6H3,(H,26,28). The van der Waals surface area contributed by atoms with Crippen LogP contribution in [0.15, 0.2) is 42.5 Å². The third kappa shape index (κ3) is 6.87. The van der Waals surface area contributed by atoms with Gasteiger partial charge in [0.2, 0.25) is 10.0 Å². The number of anilines is 1. The number of ether oxygens (including phenoxy) is 2. The maximum absolute atomic E-state index is 12.8. The summed E-state index contributed by atoms with van der Waals surface area (Å²) >= 11 is 0. The Kier molecular flexibility index (Phi) is 6.98. The smallest absolute Gasteiger partial charge is 0.251 e. The van der Waals surface area contributed by atoms with Gasteiger partial charge in [0.25, 0.3) is 5.91 Å². The summed E-state index contributed by atoms with van der Waals surface area (Å²) in [4.78, 5) is 12.8. The third-order valence-electron chi connectivity index (χ3n) is 5.18. The van der Waals surface area contributed by atoms with E-state index in [0.29, 0.717) is 36.0 Å². The van der Waals surface area contributed by atoms with E-state index in [9.17, 15) is 13.2 Å². The molecule has 3 rings (SSSR count). The molecule has 0 atom stereocenters. The molecule has 1 aliphatic heterocycles. The predicted octanol–water partition coefficient (Wildman–Crippen LogP) is 4.37. The van der Waals surface area contributed by atoms with Crippen molar-refractivity contribution in [1.82, 2.24) is 5.32 Å². The molecule has 0 aromatic heterocycles. The average Bonchev–Trinajstić information content (AvgIpc) is 2.69. The molecule has 1 N–H and O–H groups in total. The molecule has 0 radical (unpaired) electrons. The summed E-state index contributed by atoms with van der Waals surface area (Å²) in [5.41, 5.74) is 1.53. The van der Waals surface area contributed by atoms with Crippen LogP contribution in [0.25, 0.3) is 0 Å². The maximum atomic E-state index is 12.8. The van der Waals surface area contributed by atoms with Crippen LogP contribution < -0.4 is 19.1 Å². The van der Waals surface area contributed by atoms with Crippen molar-refractivity contribution >= 4 is 21.6 Å². The van der Waals surface area contributed by atoms with Crippen LogP contribution in [0.1, 0.15) is 57.0 Å². The zero-order valence-electron chi connectivity index (χ0n) is 20.3. The van der Waals surface area contributed by atoms with Crippen LogP contribution in [-0.4, -0.2) is 39.3 Å². The van der Waals surface area contributed by atoms with Gasteiger partial charge in [-0.3, -0.25) is 9.10 Å². The fraction of sp³-hybridized carbons (Fsp3) is 0.480. The summed E-state index contributed by atoms with van der Waals surface area (Å²) in [6.45, 7) is 11.5. The molecule has 0 spiro atoms. The van der Waals surface area contributed by atoms with Gasteiger partial charge in [0.1, 0.15) is 13.2 Å².